The minimum absolute atomic E-state index is 0.0719. The average Bonchev–Trinajstić information content (AvgIpc) is 2.63. The van der Waals surface area contributed by atoms with Gasteiger partial charge in [-0.2, -0.15) is 0 Å². The van der Waals surface area contributed by atoms with E-state index in [1.165, 1.54) is 23.3 Å². The second-order valence-electron chi connectivity index (χ2n) is 2.97. The SMILES string of the molecule is COCC(=O)Nc1nc2c(s1)CNC2. The summed E-state index contributed by atoms with van der Waals surface area (Å²) in [4.78, 5) is 16.6. The summed E-state index contributed by atoms with van der Waals surface area (Å²) < 4.78 is 4.71. The largest absolute Gasteiger partial charge is 0.375 e. The molecule has 0 fully saturated rings. The number of ether oxygens (including phenoxy) is 1. The number of rotatable bonds is 3. The number of amides is 1. The van der Waals surface area contributed by atoms with Crippen LogP contribution < -0.4 is 10.6 Å². The van der Waals surface area contributed by atoms with Crippen molar-refractivity contribution in [2.75, 3.05) is 19.0 Å². The minimum Gasteiger partial charge on any atom is -0.375 e. The molecule has 0 atom stereocenters. The lowest BCUT2D eigenvalue weighted by Gasteiger charge is -1.99. The predicted molar refractivity (Wildman–Crippen MR) is 53.2 cm³/mol. The van der Waals surface area contributed by atoms with Gasteiger partial charge in [0.15, 0.2) is 5.13 Å². The summed E-state index contributed by atoms with van der Waals surface area (Å²) in [5.41, 5.74) is 1.04. The third-order valence-corrected chi connectivity index (χ3v) is 2.89. The molecular weight excluding hydrogens is 202 g/mol. The molecule has 2 heterocycles. The van der Waals surface area contributed by atoms with E-state index >= 15 is 0 Å². The molecule has 0 unspecified atom stereocenters. The van der Waals surface area contributed by atoms with Crippen LogP contribution >= 0.6 is 11.3 Å². The molecule has 76 valence electrons. The Kier molecular flexibility index (Phi) is 2.76. The van der Waals surface area contributed by atoms with Crippen LogP contribution in [0.3, 0.4) is 0 Å². The van der Waals surface area contributed by atoms with E-state index in [0.29, 0.717) is 5.13 Å². The van der Waals surface area contributed by atoms with Crippen molar-refractivity contribution in [3.63, 3.8) is 0 Å². The molecule has 1 aromatic heterocycles. The van der Waals surface area contributed by atoms with Gasteiger partial charge in [-0.1, -0.05) is 0 Å². The Hall–Kier alpha value is -0.980. The Labute approximate surface area is 85.5 Å². The maximum atomic E-state index is 11.2. The molecule has 0 radical (unpaired) electrons. The third-order valence-electron chi connectivity index (χ3n) is 1.88. The Balaban J connectivity index is 2.00. The van der Waals surface area contributed by atoms with Crippen LogP contribution in [0.25, 0.3) is 0 Å². The smallest absolute Gasteiger partial charge is 0.252 e. The van der Waals surface area contributed by atoms with E-state index in [9.17, 15) is 4.79 Å². The molecule has 2 rings (SSSR count). The Morgan fingerprint density at radius 1 is 1.71 bits per heavy atom. The van der Waals surface area contributed by atoms with Crippen LogP contribution in [0.4, 0.5) is 5.13 Å². The van der Waals surface area contributed by atoms with E-state index in [1.807, 2.05) is 0 Å². The summed E-state index contributed by atoms with van der Waals surface area (Å²) in [5, 5.41) is 6.54. The summed E-state index contributed by atoms with van der Waals surface area (Å²) in [6, 6.07) is 0. The van der Waals surface area contributed by atoms with Gasteiger partial charge in [-0.3, -0.25) is 10.1 Å². The van der Waals surface area contributed by atoms with E-state index in [2.05, 4.69) is 15.6 Å². The molecule has 1 aromatic rings. The number of anilines is 1. The van der Waals surface area contributed by atoms with Crippen molar-refractivity contribution in [2.24, 2.45) is 0 Å². The van der Waals surface area contributed by atoms with Gasteiger partial charge in [-0.25, -0.2) is 4.98 Å². The highest BCUT2D eigenvalue weighted by Gasteiger charge is 2.16. The maximum absolute atomic E-state index is 11.2. The highest BCUT2D eigenvalue weighted by molar-refractivity contribution is 7.15. The predicted octanol–water partition coefficient (Wildman–Crippen LogP) is 0.331. The van der Waals surface area contributed by atoms with Crippen molar-refractivity contribution < 1.29 is 9.53 Å². The molecular formula is C8H11N3O2S. The quantitative estimate of drug-likeness (QED) is 0.759. The topological polar surface area (TPSA) is 63.2 Å². The molecule has 2 N–H and O–H groups in total. The van der Waals surface area contributed by atoms with Gasteiger partial charge in [0.1, 0.15) is 6.61 Å². The maximum Gasteiger partial charge on any atom is 0.252 e. The molecule has 14 heavy (non-hydrogen) atoms. The number of carbonyl (C=O) groups is 1. The summed E-state index contributed by atoms with van der Waals surface area (Å²) >= 11 is 1.52. The van der Waals surface area contributed by atoms with E-state index < -0.39 is 0 Å². The van der Waals surface area contributed by atoms with Crippen molar-refractivity contribution in [2.45, 2.75) is 13.1 Å². The van der Waals surface area contributed by atoms with Gasteiger partial charge in [0, 0.05) is 25.1 Å². The van der Waals surface area contributed by atoms with Gasteiger partial charge in [0.2, 0.25) is 0 Å². The summed E-state index contributed by atoms with van der Waals surface area (Å²) in [6.07, 6.45) is 0. The number of hydrogen-bond acceptors (Lipinski definition) is 5. The highest BCUT2D eigenvalue weighted by atomic mass is 32.1. The molecule has 0 saturated heterocycles. The van der Waals surface area contributed by atoms with Crippen LogP contribution in [0.15, 0.2) is 0 Å². The Bertz CT molecular complexity index is 329. The number of carbonyl (C=O) groups excluding carboxylic acids is 1. The van der Waals surface area contributed by atoms with Crippen molar-refractivity contribution in [1.82, 2.24) is 10.3 Å². The minimum atomic E-state index is -0.159. The molecule has 0 spiro atoms. The van der Waals surface area contributed by atoms with Crippen LogP contribution in [0.1, 0.15) is 10.6 Å². The van der Waals surface area contributed by atoms with Gasteiger partial charge >= 0.3 is 0 Å². The number of aromatic nitrogens is 1. The lowest BCUT2D eigenvalue weighted by atomic mass is 10.4. The standard InChI is InChI=1S/C8H11N3O2S/c1-13-4-7(12)11-8-10-5-2-9-3-6(5)14-8/h9H,2-4H2,1H3,(H,10,11,12). The summed E-state index contributed by atoms with van der Waals surface area (Å²) in [5.74, 6) is -0.159. The van der Waals surface area contributed by atoms with Crippen molar-refractivity contribution in [1.29, 1.82) is 0 Å². The molecule has 6 heteroatoms. The Morgan fingerprint density at radius 3 is 3.29 bits per heavy atom. The summed E-state index contributed by atoms with van der Waals surface area (Å²) in [6.45, 7) is 1.72. The van der Waals surface area contributed by atoms with E-state index in [1.54, 1.807) is 0 Å². The molecule has 1 amide bonds. The number of methoxy groups -OCH3 is 1. The molecule has 0 saturated carbocycles. The lowest BCUT2D eigenvalue weighted by molar-refractivity contribution is -0.119. The van der Waals surface area contributed by atoms with E-state index in [4.69, 9.17) is 4.74 Å². The monoisotopic (exact) mass is 213 g/mol. The first kappa shape index (κ1) is 9.57. The number of fused-ring (bicyclic) bond motifs is 1. The third kappa shape index (κ3) is 1.92. The van der Waals surface area contributed by atoms with Crippen LogP contribution in [0, 0.1) is 0 Å². The normalized spacial score (nSPS) is 14.1. The van der Waals surface area contributed by atoms with Gasteiger partial charge < -0.3 is 10.1 Å². The zero-order chi connectivity index (χ0) is 9.97. The van der Waals surface area contributed by atoms with Gasteiger partial charge in [0.25, 0.3) is 5.91 Å². The molecule has 5 nitrogen and oxygen atoms in total. The van der Waals surface area contributed by atoms with Crippen LogP contribution in [-0.2, 0) is 22.6 Å². The average molecular weight is 213 g/mol. The number of nitrogens with one attached hydrogen (secondary N) is 2. The first-order valence-corrected chi connectivity index (χ1v) is 5.09. The zero-order valence-electron chi connectivity index (χ0n) is 7.79. The zero-order valence-corrected chi connectivity index (χ0v) is 8.61. The van der Waals surface area contributed by atoms with E-state index in [0.717, 1.165) is 18.8 Å². The second-order valence-corrected chi connectivity index (χ2v) is 4.06. The molecule has 1 aliphatic heterocycles. The fourth-order valence-corrected chi connectivity index (χ4v) is 2.26. The van der Waals surface area contributed by atoms with Gasteiger partial charge in [-0.15, -0.1) is 11.3 Å². The molecule has 0 bridgehead atoms. The fraction of sp³-hybridized carbons (Fsp3) is 0.500. The molecule has 0 aromatic carbocycles. The van der Waals surface area contributed by atoms with Crippen LogP contribution in [0.5, 0.6) is 0 Å². The number of nitrogens with zero attached hydrogens (tertiary/aromatic N) is 1. The first-order chi connectivity index (χ1) is 6.79. The lowest BCUT2D eigenvalue weighted by Crippen LogP contribution is -2.17. The number of hydrogen-bond donors (Lipinski definition) is 2. The molecule has 1 aliphatic rings. The highest BCUT2D eigenvalue weighted by Crippen LogP contribution is 2.26. The van der Waals surface area contributed by atoms with Crippen molar-refractivity contribution in [3.05, 3.63) is 10.6 Å². The van der Waals surface area contributed by atoms with Crippen molar-refractivity contribution >= 4 is 22.4 Å². The fourth-order valence-electron chi connectivity index (χ4n) is 1.29. The molecule has 0 aliphatic carbocycles. The van der Waals surface area contributed by atoms with Gasteiger partial charge in [-0.05, 0) is 0 Å². The van der Waals surface area contributed by atoms with Gasteiger partial charge in [0.05, 0.1) is 5.69 Å². The first-order valence-electron chi connectivity index (χ1n) is 4.27. The van der Waals surface area contributed by atoms with Crippen LogP contribution in [-0.4, -0.2) is 24.6 Å². The number of thiazole rings is 1. The van der Waals surface area contributed by atoms with E-state index in [-0.39, 0.29) is 12.5 Å². The second kappa shape index (κ2) is 4.04. The Morgan fingerprint density at radius 2 is 2.57 bits per heavy atom. The van der Waals surface area contributed by atoms with Crippen LogP contribution in [0.2, 0.25) is 0 Å². The van der Waals surface area contributed by atoms with Crippen molar-refractivity contribution in [3.8, 4) is 0 Å². The summed E-state index contributed by atoms with van der Waals surface area (Å²) in [7, 11) is 1.49.